The fraction of sp³-hybridized carbons (Fsp3) is 0.118. The highest BCUT2D eigenvalue weighted by atomic mass is 19.4. The molecule has 1 amide bonds. The highest BCUT2D eigenvalue weighted by molar-refractivity contribution is 5.93. The molecule has 0 saturated carbocycles. The zero-order valence-electron chi connectivity index (χ0n) is 13.9. The molecule has 10 heteroatoms. The molecule has 0 bridgehead atoms. The summed E-state index contributed by atoms with van der Waals surface area (Å²) in [4.78, 5) is 16.1. The monoisotopic (exact) mass is 378 g/mol. The van der Waals surface area contributed by atoms with Gasteiger partial charge in [0.2, 0.25) is 0 Å². The molecule has 27 heavy (non-hydrogen) atoms. The number of pyridine rings is 1. The average molecular weight is 378 g/mol. The molecule has 3 rings (SSSR count). The van der Waals surface area contributed by atoms with Gasteiger partial charge in [0.1, 0.15) is 11.6 Å². The summed E-state index contributed by atoms with van der Waals surface area (Å²) in [6.45, 7) is 0. The summed E-state index contributed by atoms with van der Waals surface area (Å²) < 4.78 is 49.2. The molecule has 140 valence electrons. The molecule has 0 aliphatic heterocycles. The van der Waals surface area contributed by atoms with E-state index in [1.807, 2.05) is 0 Å². The molecule has 0 aliphatic rings. The number of nitrogens with zero attached hydrogens (tertiary/aromatic N) is 2. The maximum absolute atomic E-state index is 13.1. The molecule has 0 unspecified atom stereocenters. The standard InChI is InChI=1S/C17H13F3N4O3/c1-26-10-6-7-15(21-9-10)22-23-16(25)13-8-14(27-24-13)11-4-2-3-5-12(11)17(18,19)20/h2-9H,1H3,(H,21,22)(H,23,25). The molecule has 2 N–H and O–H groups in total. The van der Waals surface area contributed by atoms with Gasteiger partial charge < -0.3 is 9.26 Å². The second-order valence-corrected chi connectivity index (χ2v) is 5.28. The third-order valence-electron chi connectivity index (χ3n) is 3.52. The van der Waals surface area contributed by atoms with Gasteiger partial charge in [-0.1, -0.05) is 23.4 Å². The van der Waals surface area contributed by atoms with Crippen LogP contribution in [-0.2, 0) is 6.18 Å². The average Bonchev–Trinajstić information content (AvgIpc) is 3.16. The van der Waals surface area contributed by atoms with Gasteiger partial charge in [0.05, 0.1) is 18.9 Å². The third-order valence-corrected chi connectivity index (χ3v) is 3.52. The van der Waals surface area contributed by atoms with Gasteiger partial charge in [-0.2, -0.15) is 13.2 Å². The van der Waals surface area contributed by atoms with Crippen LogP contribution in [0.1, 0.15) is 16.1 Å². The lowest BCUT2D eigenvalue weighted by atomic mass is 10.0. The number of anilines is 1. The third kappa shape index (κ3) is 4.17. The van der Waals surface area contributed by atoms with E-state index in [0.717, 1.165) is 12.1 Å². The van der Waals surface area contributed by atoms with Crippen molar-refractivity contribution in [1.29, 1.82) is 0 Å². The van der Waals surface area contributed by atoms with Crippen LogP contribution in [0, 0.1) is 0 Å². The number of rotatable bonds is 5. The molecule has 2 heterocycles. The van der Waals surface area contributed by atoms with E-state index in [9.17, 15) is 18.0 Å². The van der Waals surface area contributed by atoms with E-state index >= 15 is 0 Å². The Morgan fingerprint density at radius 2 is 1.96 bits per heavy atom. The topological polar surface area (TPSA) is 89.3 Å². The Kier molecular flexibility index (Phi) is 4.97. The Morgan fingerprint density at radius 3 is 2.63 bits per heavy atom. The van der Waals surface area contributed by atoms with Crippen molar-refractivity contribution in [2.75, 3.05) is 12.5 Å². The molecule has 0 saturated heterocycles. The lowest BCUT2D eigenvalue weighted by molar-refractivity contribution is -0.137. The first-order valence-corrected chi connectivity index (χ1v) is 7.58. The van der Waals surface area contributed by atoms with Crippen LogP contribution >= 0.6 is 0 Å². The number of benzene rings is 1. The first-order valence-electron chi connectivity index (χ1n) is 7.58. The van der Waals surface area contributed by atoms with Crippen molar-refractivity contribution in [1.82, 2.24) is 15.6 Å². The Bertz CT molecular complexity index is 939. The summed E-state index contributed by atoms with van der Waals surface area (Å²) >= 11 is 0. The van der Waals surface area contributed by atoms with E-state index in [1.165, 1.54) is 31.5 Å². The Balaban J connectivity index is 1.73. The van der Waals surface area contributed by atoms with E-state index in [2.05, 4.69) is 21.0 Å². The summed E-state index contributed by atoms with van der Waals surface area (Å²) in [5, 5.41) is 3.52. The fourth-order valence-electron chi connectivity index (χ4n) is 2.21. The summed E-state index contributed by atoms with van der Waals surface area (Å²) in [5.74, 6) is -0.00519. The second kappa shape index (κ2) is 7.36. The molecule has 7 nitrogen and oxygen atoms in total. The van der Waals surface area contributed by atoms with Crippen molar-refractivity contribution < 1.29 is 27.2 Å². The van der Waals surface area contributed by atoms with Gasteiger partial charge in [-0.05, 0) is 18.2 Å². The van der Waals surface area contributed by atoms with E-state index in [4.69, 9.17) is 9.26 Å². The number of nitrogens with one attached hydrogen (secondary N) is 2. The minimum atomic E-state index is -4.56. The van der Waals surface area contributed by atoms with E-state index in [0.29, 0.717) is 11.6 Å². The number of aromatic nitrogens is 2. The molecule has 0 atom stereocenters. The van der Waals surface area contributed by atoms with Crippen LogP contribution in [0.3, 0.4) is 0 Å². The Labute approximate surface area is 151 Å². The molecule has 0 spiro atoms. The van der Waals surface area contributed by atoms with Crippen molar-refractivity contribution in [3.8, 4) is 17.1 Å². The lowest BCUT2D eigenvalue weighted by Crippen LogP contribution is -2.29. The number of halogens is 3. The minimum Gasteiger partial charge on any atom is -0.495 e. The summed E-state index contributed by atoms with van der Waals surface area (Å²) in [7, 11) is 1.49. The maximum Gasteiger partial charge on any atom is 0.417 e. The molecule has 0 aliphatic carbocycles. The first kappa shape index (κ1) is 18.2. The molecule has 3 aromatic rings. The van der Waals surface area contributed by atoms with Gasteiger partial charge in [-0.15, -0.1) is 0 Å². The maximum atomic E-state index is 13.1. The summed E-state index contributed by atoms with van der Waals surface area (Å²) in [6.07, 6.45) is -3.12. The molecular formula is C17H13F3N4O3. The summed E-state index contributed by atoms with van der Waals surface area (Å²) in [5.41, 5.74) is 3.60. The van der Waals surface area contributed by atoms with Gasteiger partial charge in [-0.25, -0.2) is 4.98 Å². The minimum absolute atomic E-state index is 0.171. The molecule has 0 radical (unpaired) electrons. The number of hydrogen-bond acceptors (Lipinski definition) is 6. The number of hydrazine groups is 1. The van der Waals surface area contributed by atoms with Crippen LogP contribution in [0.2, 0.25) is 0 Å². The number of ether oxygens (including phenoxy) is 1. The van der Waals surface area contributed by atoms with Crippen molar-refractivity contribution in [2.24, 2.45) is 0 Å². The van der Waals surface area contributed by atoms with E-state index in [1.54, 1.807) is 12.1 Å². The van der Waals surface area contributed by atoms with Gasteiger partial charge in [0.15, 0.2) is 11.5 Å². The lowest BCUT2D eigenvalue weighted by Gasteiger charge is -2.09. The Hall–Kier alpha value is -3.56. The highest BCUT2D eigenvalue weighted by Gasteiger charge is 2.34. The largest absolute Gasteiger partial charge is 0.495 e. The number of alkyl halides is 3. The molecule has 1 aromatic carbocycles. The van der Waals surface area contributed by atoms with Gasteiger partial charge >= 0.3 is 6.18 Å². The number of hydrogen-bond donors (Lipinski definition) is 2. The second-order valence-electron chi connectivity index (χ2n) is 5.28. The zero-order valence-corrected chi connectivity index (χ0v) is 13.9. The number of carbonyl (C=O) groups excluding carboxylic acids is 1. The molecular weight excluding hydrogens is 365 g/mol. The van der Waals surface area contributed by atoms with Crippen LogP contribution in [0.4, 0.5) is 19.0 Å². The molecule has 2 aromatic heterocycles. The van der Waals surface area contributed by atoms with Crippen molar-refractivity contribution in [2.45, 2.75) is 6.18 Å². The van der Waals surface area contributed by atoms with Crippen LogP contribution in [0.5, 0.6) is 5.75 Å². The normalized spacial score (nSPS) is 11.1. The molecule has 0 fully saturated rings. The first-order chi connectivity index (χ1) is 12.9. The number of methoxy groups -OCH3 is 1. The van der Waals surface area contributed by atoms with Crippen LogP contribution < -0.4 is 15.6 Å². The quantitative estimate of drug-likeness (QED) is 0.661. The highest BCUT2D eigenvalue weighted by Crippen LogP contribution is 2.37. The van der Waals surface area contributed by atoms with Gasteiger partial charge in [0, 0.05) is 11.6 Å². The van der Waals surface area contributed by atoms with Gasteiger partial charge in [-0.3, -0.25) is 15.6 Å². The van der Waals surface area contributed by atoms with E-state index in [-0.39, 0.29) is 17.0 Å². The van der Waals surface area contributed by atoms with Crippen molar-refractivity contribution in [3.63, 3.8) is 0 Å². The predicted molar refractivity (Wildman–Crippen MR) is 88.8 cm³/mol. The van der Waals surface area contributed by atoms with E-state index < -0.39 is 17.6 Å². The summed E-state index contributed by atoms with van der Waals surface area (Å²) in [6, 6.07) is 9.19. The van der Waals surface area contributed by atoms with Gasteiger partial charge in [0.25, 0.3) is 5.91 Å². The fourth-order valence-corrected chi connectivity index (χ4v) is 2.21. The smallest absolute Gasteiger partial charge is 0.417 e. The van der Waals surface area contributed by atoms with Crippen molar-refractivity contribution in [3.05, 3.63) is 59.9 Å². The van der Waals surface area contributed by atoms with Crippen molar-refractivity contribution >= 4 is 11.7 Å². The predicted octanol–water partition coefficient (Wildman–Crippen LogP) is 3.52. The van der Waals surface area contributed by atoms with Crippen LogP contribution in [0.15, 0.2) is 53.2 Å². The number of carbonyl (C=O) groups is 1. The zero-order chi connectivity index (χ0) is 19.4. The number of amides is 1. The van der Waals surface area contributed by atoms with Crippen LogP contribution in [0.25, 0.3) is 11.3 Å². The van der Waals surface area contributed by atoms with Crippen LogP contribution in [-0.4, -0.2) is 23.2 Å². The SMILES string of the molecule is COc1ccc(NNC(=O)c2cc(-c3ccccc3C(F)(F)F)on2)nc1. The Morgan fingerprint density at radius 1 is 1.19 bits per heavy atom.